The monoisotopic (exact) mass is 258 g/mol. The Bertz CT molecular complexity index is 602. The number of hydrogen-bond acceptors (Lipinski definition) is 4. The van der Waals surface area contributed by atoms with Crippen molar-refractivity contribution in [3.05, 3.63) is 48.1 Å². The van der Waals surface area contributed by atoms with Gasteiger partial charge in [0.05, 0.1) is 11.9 Å². The number of carboxylic acids is 1. The molecule has 0 bridgehead atoms. The number of nitrogens with one attached hydrogen (secondary N) is 2. The van der Waals surface area contributed by atoms with Crippen molar-refractivity contribution in [2.24, 2.45) is 0 Å². The molecule has 0 aromatic carbocycles. The summed E-state index contributed by atoms with van der Waals surface area (Å²) >= 11 is 0. The lowest BCUT2D eigenvalue weighted by Gasteiger charge is -2.01. The number of amides is 1. The van der Waals surface area contributed by atoms with Crippen molar-refractivity contribution < 1.29 is 14.7 Å². The number of hydrogen-bond donors (Lipinski definition) is 3. The lowest BCUT2D eigenvalue weighted by molar-refractivity contribution is -0.131. The molecule has 0 fully saturated rings. The van der Waals surface area contributed by atoms with E-state index < -0.39 is 5.97 Å². The molecule has 2 aromatic rings. The molecule has 19 heavy (non-hydrogen) atoms. The van der Waals surface area contributed by atoms with E-state index >= 15 is 0 Å². The molecule has 0 atom stereocenters. The van der Waals surface area contributed by atoms with Crippen LogP contribution in [0.4, 0.5) is 5.69 Å². The van der Waals surface area contributed by atoms with Gasteiger partial charge in [-0.3, -0.25) is 14.9 Å². The van der Waals surface area contributed by atoms with Crippen molar-refractivity contribution in [2.45, 2.75) is 0 Å². The second-order valence-electron chi connectivity index (χ2n) is 3.59. The van der Waals surface area contributed by atoms with Crippen molar-refractivity contribution in [3.63, 3.8) is 0 Å². The minimum absolute atomic E-state index is 0.230. The van der Waals surface area contributed by atoms with Gasteiger partial charge in [0.25, 0.3) is 5.91 Å². The lowest BCUT2D eigenvalue weighted by atomic mass is 10.2. The molecule has 3 N–H and O–H groups in total. The van der Waals surface area contributed by atoms with Gasteiger partial charge >= 0.3 is 5.97 Å². The number of carbonyl (C=O) groups excluding carboxylic acids is 1. The quantitative estimate of drug-likeness (QED) is 0.713. The first-order valence-corrected chi connectivity index (χ1v) is 5.32. The second kappa shape index (κ2) is 5.58. The van der Waals surface area contributed by atoms with Gasteiger partial charge in [-0.2, -0.15) is 5.10 Å². The van der Waals surface area contributed by atoms with Crippen molar-refractivity contribution >= 4 is 23.6 Å². The Labute approximate surface area is 108 Å². The number of aromatic amines is 1. The van der Waals surface area contributed by atoms with Crippen LogP contribution in [0.2, 0.25) is 0 Å². The van der Waals surface area contributed by atoms with Crippen molar-refractivity contribution in [2.75, 3.05) is 5.32 Å². The van der Waals surface area contributed by atoms with Gasteiger partial charge in [-0.1, -0.05) is 6.07 Å². The van der Waals surface area contributed by atoms with Crippen LogP contribution in [0.1, 0.15) is 16.1 Å². The number of pyridine rings is 1. The van der Waals surface area contributed by atoms with Crippen LogP contribution in [0.15, 0.2) is 36.8 Å². The molecule has 2 rings (SSSR count). The fourth-order valence-electron chi connectivity index (χ4n) is 1.32. The number of rotatable bonds is 4. The normalized spacial score (nSPS) is 10.5. The minimum atomic E-state index is -1.04. The zero-order chi connectivity index (χ0) is 13.7. The molecule has 0 aliphatic rings. The number of aromatic nitrogens is 3. The molecule has 0 saturated heterocycles. The van der Waals surface area contributed by atoms with E-state index in [1.54, 1.807) is 12.3 Å². The maximum absolute atomic E-state index is 11.8. The summed E-state index contributed by atoms with van der Waals surface area (Å²) in [5.41, 5.74) is 1.37. The SMILES string of the molecule is O=C(O)C=Cc1ccc(C(=O)Nc2cn[nH]c2)nc1. The molecule has 2 aromatic heterocycles. The van der Waals surface area contributed by atoms with Crippen LogP contribution in [0.3, 0.4) is 0 Å². The highest BCUT2D eigenvalue weighted by Crippen LogP contribution is 2.06. The van der Waals surface area contributed by atoms with E-state index in [4.69, 9.17) is 5.11 Å². The smallest absolute Gasteiger partial charge is 0.328 e. The van der Waals surface area contributed by atoms with Gasteiger partial charge in [0.2, 0.25) is 0 Å². The molecule has 0 unspecified atom stereocenters. The predicted molar refractivity (Wildman–Crippen MR) is 67.4 cm³/mol. The summed E-state index contributed by atoms with van der Waals surface area (Å²) in [6, 6.07) is 3.12. The van der Waals surface area contributed by atoms with E-state index in [1.807, 2.05) is 0 Å². The number of carbonyl (C=O) groups is 2. The topological polar surface area (TPSA) is 108 Å². The van der Waals surface area contributed by atoms with Gasteiger partial charge in [-0.15, -0.1) is 0 Å². The fraction of sp³-hybridized carbons (Fsp3) is 0. The number of nitrogens with zero attached hydrogens (tertiary/aromatic N) is 2. The van der Waals surface area contributed by atoms with Crippen LogP contribution in [0.5, 0.6) is 0 Å². The Kier molecular flexibility index (Phi) is 3.67. The largest absolute Gasteiger partial charge is 0.478 e. The first-order chi connectivity index (χ1) is 9.15. The fourth-order valence-corrected chi connectivity index (χ4v) is 1.32. The van der Waals surface area contributed by atoms with E-state index in [9.17, 15) is 9.59 Å². The van der Waals surface area contributed by atoms with Crippen LogP contribution < -0.4 is 5.32 Å². The van der Waals surface area contributed by atoms with Gasteiger partial charge in [0.15, 0.2) is 0 Å². The predicted octanol–water partition coefficient (Wildman–Crippen LogP) is 1.15. The molecule has 0 radical (unpaired) electrons. The summed E-state index contributed by atoms with van der Waals surface area (Å²) in [6.07, 6.45) is 6.84. The summed E-state index contributed by atoms with van der Waals surface area (Å²) in [7, 11) is 0. The highest BCUT2D eigenvalue weighted by Gasteiger charge is 2.07. The molecular formula is C12H10N4O3. The average Bonchev–Trinajstić information content (AvgIpc) is 2.89. The number of anilines is 1. The summed E-state index contributed by atoms with van der Waals surface area (Å²) < 4.78 is 0. The molecule has 96 valence electrons. The van der Waals surface area contributed by atoms with E-state index in [0.717, 1.165) is 6.08 Å². The molecule has 7 heteroatoms. The first kappa shape index (κ1) is 12.5. The van der Waals surface area contributed by atoms with Gasteiger partial charge in [0.1, 0.15) is 5.69 Å². The number of carboxylic acid groups (broad SMARTS) is 1. The Balaban J connectivity index is 2.05. The third kappa shape index (κ3) is 3.50. The molecule has 0 spiro atoms. The summed E-state index contributed by atoms with van der Waals surface area (Å²) in [6.45, 7) is 0. The molecule has 7 nitrogen and oxygen atoms in total. The third-order valence-electron chi connectivity index (χ3n) is 2.19. The maximum atomic E-state index is 11.8. The number of aliphatic carboxylic acids is 1. The van der Waals surface area contributed by atoms with Crippen LogP contribution in [0, 0.1) is 0 Å². The summed E-state index contributed by atoms with van der Waals surface area (Å²) in [4.78, 5) is 26.1. The standard InChI is InChI=1S/C12H10N4O3/c17-11(18)4-2-8-1-3-10(13-5-8)12(19)16-9-6-14-15-7-9/h1-7H,(H,14,15)(H,16,19)(H,17,18). The second-order valence-corrected chi connectivity index (χ2v) is 3.59. The highest BCUT2D eigenvalue weighted by molar-refractivity contribution is 6.02. The van der Waals surface area contributed by atoms with Crippen LogP contribution in [-0.2, 0) is 4.79 Å². The maximum Gasteiger partial charge on any atom is 0.328 e. The van der Waals surface area contributed by atoms with Crippen LogP contribution in [-0.4, -0.2) is 32.2 Å². The van der Waals surface area contributed by atoms with E-state index in [-0.39, 0.29) is 11.6 Å². The average molecular weight is 258 g/mol. The zero-order valence-corrected chi connectivity index (χ0v) is 9.70. The molecule has 1 amide bonds. The van der Waals surface area contributed by atoms with Gasteiger partial charge in [-0.05, 0) is 17.7 Å². The molecule has 0 aliphatic heterocycles. The van der Waals surface area contributed by atoms with Crippen molar-refractivity contribution in [1.29, 1.82) is 0 Å². The van der Waals surface area contributed by atoms with E-state index in [2.05, 4.69) is 20.5 Å². The highest BCUT2D eigenvalue weighted by atomic mass is 16.4. The van der Waals surface area contributed by atoms with E-state index in [0.29, 0.717) is 11.3 Å². The number of H-pyrrole nitrogens is 1. The van der Waals surface area contributed by atoms with Crippen molar-refractivity contribution in [1.82, 2.24) is 15.2 Å². The Morgan fingerprint density at radius 1 is 1.32 bits per heavy atom. The minimum Gasteiger partial charge on any atom is -0.478 e. The lowest BCUT2D eigenvalue weighted by Crippen LogP contribution is -2.12. The Morgan fingerprint density at radius 2 is 2.16 bits per heavy atom. The van der Waals surface area contributed by atoms with Crippen molar-refractivity contribution in [3.8, 4) is 0 Å². The van der Waals surface area contributed by atoms with Crippen LogP contribution >= 0.6 is 0 Å². The molecule has 2 heterocycles. The molecule has 0 aliphatic carbocycles. The summed E-state index contributed by atoms with van der Waals surface area (Å²) in [5, 5.41) is 17.4. The zero-order valence-electron chi connectivity index (χ0n) is 9.70. The van der Waals surface area contributed by atoms with Gasteiger partial charge < -0.3 is 10.4 Å². The third-order valence-corrected chi connectivity index (χ3v) is 2.19. The molecular weight excluding hydrogens is 248 g/mol. The Hall–Kier alpha value is -2.96. The van der Waals surface area contributed by atoms with Crippen LogP contribution in [0.25, 0.3) is 6.08 Å². The first-order valence-electron chi connectivity index (χ1n) is 5.32. The Morgan fingerprint density at radius 3 is 2.74 bits per heavy atom. The van der Waals surface area contributed by atoms with E-state index in [1.165, 1.54) is 24.5 Å². The van der Waals surface area contributed by atoms with Gasteiger partial charge in [-0.25, -0.2) is 4.79 Å². The molecule has 0 saturated carbocycles. The van der Waals surface area contributed by atoms with Gasteiger partial charge in [0, 0.05) is 18.5 Å². The summed E-state index contributed by atoms with van der Waals surface area (Å²) in [5.74, 6) is -1.41.